The van der Waals surface area contributed by atoms with Crippen molar-refractivity contribution in [2.24, 2.45) is 0 Å². The summed E-state index contributed by atoms with van der Waals surface area (Å²) in [6.45, 7) is 9.53. The summed E-state index contributed by atoms with van der Waals surface area (Å²) in [6, 6.07) is 0. The van der Waals surface area contributed by atoms with Gasteiger partial charge in [0, 0.05) is 0 Å². The summed E-state index contributed by atoms with van der Waals surface area (Å²) >= 11 is 2.03. The third-order valence-corrected chi connectivity index (χ3v) is 3.61. The van der Waals surface area contributed by atoms with Crippen molar-refractivity contribution >= 4 is 12.2 Å². The van der Waals surface area contributed by atoms with Crippen LogP contribution in [0.2, 0.25) is 0 Å². The number of hydrazine groups is 1. The first-order chi connectivity index (χ1) is 10.4. The number of hydrogen-bond donors (Lipinski definition) is 0. The minimum Gasteiger partial charge on any atom is -0.745 e. The van der Waals surface area contributed by atoms with Gasteiger partial charge in [-0.2, -0.15) is 0 Å². The Bertz CT molecular complexity index is 429. The van der Waals surface area contributed by atoms with Crippen LogP contribution < -0.4 is 22.6 Å². The molecule has 23 heavy (non-hydrogen) atoms. The predicted octanol–water partition coefficient (Wildman–Crippen LogP) is -0.572. The zero-order valence-electron chi connectivity index (χ0n) is 14.3. The van der Waals surface area contributed by atoms with E-state index < -0.39 is 21.4 Å². The first-order valence-electron chi connectivity index (χ1n) is 7.80. The highest BCUT2D eigenvalue weighted by Crippen LogP contribution is 2.27. The fourth-order valence-corrected chi connectivity index (χ4v) is 2.74. The van der Waals surface area contributed by atoms with Crippen molar-refractivity contribution in [3.8, 4) is 0 Å². The van der Waals surface area contributed by atoms with E-state index in [1.807, 2.05) is 22.6 Å². The van der Waals surface area contributed by atoms with E-state index in [0.29, 0.717) is 13.1 Å². The Kier molecular flexibility index (Phi) is 5.34. The van der Waals surface area contributed by atoms with E-state index in [0.717, 1.165) is 12.8 Å². The molecule has 2 aliphatic rings. The number of hydrogen-bond acceptors (Lipinski definition) is 5. The summed E-state index contributed by atoms with van der Waals surface area (Å²) in [5, 5.41) is 2.64. The molecule has 7 nitrogen and oxygen atoms in total. The molecule has 2 bridgehead atoms. The average Bonchev–Trinajstić information content (AvgIpc) is 2.64. The Morgan fingerprint density at radius 3 is 1.78 bits per heavy atom. The number of ether oxygens (including phenoxy) is 3. The lowest BCUT2D eigenvalue weighted by molar-refractivity contribution is -0.530. The van der Waals surface area contributed by atoms with E-state index in [1.165, 1.54) is 10.0 Å². The van der Waals surface area contributed by atoms with Crippen molar-refractivity contribution in [1.82, 2.24) is 10.0 Å². The molecule has 133 valence electrons. The van der Waals surface area contributed by atoms with Gasteiger partial charge in [0.05, 0.1) is 25.3 Å². The van der Waals surface area contributed by atoms with Crippen LogP contribution in [-0.2, 0) is 14.2 Å². The summed E-state index contributed by atoms with van der Waals surface area (Å²) in [5.41, 5.74) is -0.638. The van der Waals surface area contributed by atoms with E-state index in [9.17, 15) is 9.59 Å². The van der Waals surface area contributed by atoms with Crippen molar-refractivity contribution in [1.29, 1.82) is 0 Å². The normalized spacial score (nSPS) is 25.1. The quantitative estimate of drug-likeness (QED) is 0.404. The minimum absolute atomic E-state index is 0.0714. The second-order valence-electron chi connectivity index (χ2n) is 7.33. The highest BCUT2D eigenvalue weighted by atomic mass is 127. The van der Waals surface area contributed by atoms with Crippen molar-refractivity contribution < 1.29 is 46.4 Å². The summed E-state index contributed by atoms with van der Waals surface area (Å²) in [5.74, 6) is 0. The Morgan fingerprint density at radius 1 is 0.957 bits per heavy atom. The number of halogens is 1. The van der Waals surface area contributed by atoms with Gasteiger partial charge in [0.1, 0.15) is 5.60 Å². The van der Waals surface area contributed by atoms with E-state index in [1.54, 1.807) is 34.6 Å². The van der Waals surface area contributed by atoms with Crippen LogP contribution in [0.25, 0.3) is 0 Å². The summed E-state index contributed by atoms with van der Waals surface area (Å²) in [6.07, 6.45) is 0.494. The molecule has 2 unspecified atom stereocenters. The lowest BCUT2D eigenvalue weighted by Gasteiger charge is -2.39. The highest BCUT2D eigenvalue weighted by Gasteiger charge is 2.41. The topological polar surface area (TPSA) is 68.3 Å². The SMILES string of the molecule is CC(C)(C)OC(=O)N1CC2CCC(CN1C(=O)OC(C)(C)[I-])O2. The molecule has 2 fully saturated rings. The van der Waals surface area contributed by atoms with E-state index in [-0.39, 0.29) is 12.2 Å². The van der Waals surface area contributed by atoms with Gasteiger partial charge in [-0.3, -0.25) is 0 Å². The molecule has 0 N–H and O–H groups in total. The van der Waals surface area contributed by atoms with E-state index in [4.69, 9.17) is 14.2 Å². The molecule has 0 aliphatic carbocycles. The number of nitrogens with zero attached hydrogens (tertiary/aromatic N) is 2. The maximum Gasteiger partial charge on any atom is 0.429 e. The Balaban J connectivity index is 2.19. The lowest BCUT2D eigenvalue weighted by Crippen LogP contribution is -3.43. The molecule has 0 spiro atoms. The van der Waals surface area contributed by atoms with E-state index >= 15 is 0 Å². The van der Waals surface area contributed by atoms with Gasteiger partial charge in [0.25, 0.3) is 0 Å². The van der Waals surface area contributed by atoms with Crippen LogP contribution in [0, 0.1) is 0 Å². The summed E-state index contributed by atoms with van der Waals surface area (Å²) in [4.78, 5) is 25.0. The largest absolute Gasteiger partial charge is 0.745 e. The molecule has 0 aromatic heterocycles. The minimum atomic E-state index is -0.666. The molecule has 0 aromatic rings. The van der Waals surface area contributed by atoms with Crippen LogP contribution >= 0.6 is 0 Å². The maximum atomic E-state index is 12.5. The number of rotatable bonds is 1. The molecule has 2 rings (SSSR count). The van der Waals surface area contributed by atoms with Gasteiger partial charge in [-0.05, 0) is 51.1 Å². The van der Waals surface area contributed by atoms with Gasteiger partial charge >= 0.3 is 12.2 Å². The molecule has 0 aromatic carbocycles. The number of fused-ring (bicyclic) bond motifs is 2. The van der Waals surface area contributed by atoms with Gasteiger partial charge in [-0.1, -0.05) is 0 Å². The highest BCUT2D eigenvalue weighted by molar-refractivity contribution is 5.74. The van der Waals surface area contributed by atoms with Crippen LogP contribution in [0.15, 0.2) is 0 Å². The van der Waals surface area contributed by atoms with Crippen molar-refractivity contribution in [2.45, 2.75) is 68.9 Å². The lowest BCUT2D eigenvalue weighted by atomic mass is 10.1. The molecule has 2 saturated heterocycles. The fraction of sp³-hybridized carbons (Fsp3) is 0.867. The Morgan fingerprint density at radius 2 is 1.39 bits per heavy atom. The van der Waals surface area contributed by atoms with Crippen LogP contribution in [0.1, 0.15) is 47.5 Å². The van der Waals surface area contributed by atoms with Crippen LogP contribution in [0.5, 0.6) is 0 Å². The van der Waals surface area contributed by atoms with Crippen LogP contribution in [0.3, 0.4) is 0 Å². The monoisotopic (exact) mass is 440 g/mol. The maximum absolute atomic E-state index is 12.5. The van der Waals surface area contributed by atoms with Gasteiger partial charge in [0.15, 0.2) is 0 Å². The molecule has 2 aliphatic heterocycles. The van der Waals surface area contributed by atoms with Gasteiger partial charge in [-0.15, -0.1) is 0 Å². The second kappa shape index (κ2) is 6.62. The predicted molar refractivity (Wildman–Crippen MR) is 78.1 cm³/mol. The molecule has 2 amide bonds. The second-order valence-corrected chi connectivity index (χ2v) is 9.93. The molecule has 8 heteroatoms. The fourth-order valence-electron chi connectivity index (χ4n) is 2.55. The third kappa shape index (κ3) is 5.37. The Labute approximate surface area is 150 Å². The third-order valence-electron chi connectivity index (χ3n) is 3.39. The van der Waals surface area contributed by atoms with Crippen LogP contribution in [-0.4, -0.2) is 56.7 Å². The van der Waals surface area contributed by atoms with E-state index in [2.05, 4.69) is 0 Å². The number of amides is 2. The summed E-state index contributed by atoms with van der Waals surface area (Å²) in [7, 11) is 0. The molecular weight excluding hydrogens is 415 g/mol. The zero-order valence-corrected chi connectivity index (χ0v) is 16.5. The van der Waals surface area contributed by atoms with Gasteiger partial charge in [0.2, 0.25) is 0 Å². The first-order valence-corrected chi connectivity index (χ1v) is 8.88. The average molecular weight is 440 g/mol. The molecule has 1 radical (unpaired) electrons. The van der Waals surface area contributed by atoms with Crippen molar-refractivity contribution in [3.05, 3.63) is 0 Å². The van der Waals surface area contributed by atoms with Crippen molar-refractivity contribution in [2.75, 3.05) is 13.1 Å². The number of carbonyl (C=O) groups is 2. The number of carbonyl (C=O) groups excluding carboxylic acids is 2. The Hall–Kier alpha value is -0.770. The van der Waals surface area contributed by atoms with Gasteiger partial charge < -0.3 is 36.8 Å². The first kappa shape index (κ1) is 18.6. The smallest absolute Gasteiger partial charge is 0.429 e. The molecule has 2 heterocycles. The molecule has 0 saturated carbocycles. The number of alkyl halides is 1. The van der Waals surface area contributed by atoms with Crippen molar-refractivity contribution in [3.63, 3.8) is 0 Å². The molecular formula is C15H25IN2O5-. The molecule has 2 atom stereocenters. The van der Waals surface area contributed by atoms with Gasteiger partial charge in [-0.25, -0.2) is 19.6 Å². The van der Waals surface area contributed by atoms with Crippen LogP contribution in [0.4, 0.5) is 9.59 Å². The standard InChI is InChI=1S/C15H25IN2O5/c1-14(2,3)22-12(19)17-8-10-6-7-11(21-10)9-18(17)13(20)23-15(4,5)16/h10-11H,6-9H2,1-5H3/q-1. The zero-order chi connectivity index (χ0) is 17.4. The summed E-state index contributed by atoms with van der Waals surface area (Å²) < 4.78 is 16.0.